The van der Waals surface area contributed by atoms with Crippen molar-refractivity contribution >= 4 is 30.3 Å². The van der Waals surface area contributed by atoms with Gasteiger partial charge in [0, 0.05) is 39.3 Å². The fourth-order valence-electron chi connectivity index (χ4n) is 3.69. The summed E-state index contributed by atoms with van der Waals surface area (Å²) < 4.78 is 18.5. The number of carbonyl (C=O) groups excluding carboxylic acids is 3. The number of halogens is 2. The largest absolute Gasteiger partial charge is 0.492 e. The van der Waals surface area contributed by atoms with Crippen LogP contribution < -0.4 is 4.74 Å². The summed E-state index contributed by atoms with van der Waals surface area (Å²) in [5, 5.41) is 0. The summed E-state index contributed by atoms with van der Waals surface area (Å²) in [6, 6.07) is 4.86. The predicted octanol–water partition coefficient (Wildman–Crippen LogP) is 1.44. The Morgan fingerprint density at radius 1 is 1.17 bits per heavy atom. The molecule has 10 heteroatoms. The molecule has 2 heterocycles. The highest BCUT2D eigenvalue weighted by atomic mass is 35.5. The molecule has 3 rings (SSSR count). The number of imide groups is 1. The van der Waals surface area contributed by atoms with Crippen LogP contribution in [-0.2, 0) is 9.59 Å². The molecule has 0 aliphatic carbocycles. The summed E-state index contributed by atoms with van der Waals surface area (Å²) in [6.45, 7) is 7.05. The number of likely N-dealkylation sites (N-methyl/N-ethyl adjacent to an activating group) is 1. The number of fused-ring (bicyclic) bond motifs is 1. The van der Waals surface area contributed by atoms with Gasteiger partial charge in [0.05, 0.1) is 0 Å². The molecule has 1 aromatic rings. The molecule has 1 atom stereocenters. The van der Waals surface area contributed by atoms with Crippen molar-refractivity contribution < 1.29 is 23.5 Å². The zero-order valence-corrected chi connectivity index (χ0v) is 18.1. The van der Waals surface area contributed by atoms with Gasteiger partial charge in [-0.3, -0.25) is 19.4 Å². The maximum atomic E-state index is 12.9. The molecule has 1 unspecified atom stereocenters. The van der Waals surface area contributed by atoms with Crippen LogP contribution in [0.25, 0.3) is 0 Å². The van der Waals surface area contributed by atoms with E-state index in [4.69, 9.17) is 4.74 Å². The van der Waals surface area contributed by atoms with Crippen LogP contribution in [0.3, 0.4) is 0 Å². The van der Waals surface area contributed by atoms with Gasteiger partial charge in [-0.2, -0.15) is 0 Å². The lowest BCUT2D eigenvalue weighted by Gasteiger charge is -2.35. The summed E-state index contributed by atoms with van der Waals surface area (Å²) in [4.78, 5) is 44.0. The van der Waals surface area contributed by atoms with E-state index in [2.05, 4.69) is 4.90 Å². The number of piperazine rings is 1. The van der Waals surface area contributed by atoms with Crippen molar-refractivity contribution in [3.05, 3.63) is 30.1 Å². The zero-order valence-electron chi connectivity index (χ0n) is 17.3. The van der Waals surface area contributed by atoms with E-state index >= 15 is 0 Å². The fraction of sp³-hybridized carbons (Fsp3) is 0.550. The van der Waals surface area contributed by atoms with Gasteiger partial charge in [0.25, 0.3) is 5.91 Å². The highest BCUT2D eigenvalue weighted by Gasteiger charge is 2.48. The molecule has 2 aliphatic heterocycles. The number of nitrogens with zero attached hydrogens (tertiary/aromatic N) is 4. The van der Waals surface area contributed by atoms with Crippen LogP contribution in [0.1, 0.15) is 13.8 Å². The van der Waals surface area contributed by atoms with Crippen molar-refractivity contribution in [1.82, 2.24) is 19.6 Å². The lowest BCUT2D eigenvalue weighted by atomic mass is 10.2. The topological polar surface area (TPSA) is 73.4 Å². The second-order valence-corrected chi connectivity index (χ2v) is 7.09. The standard InChI is InChI=1S/C20H27FN4O4.ClH/c1-3-23(4-2)18(26)14-25-19(27)17-13-22(9-10-24(17)20(25)28)11-12-29-16-7-5-15(21)6-8-16;/h5-8,17H,3-4,9-14H2,1-2H3;1H. The molecule has 8 nitrogen and oxygen atoms in total. The number of rotatable bonds is 8. The van der Waals surface area contributed by atoms with Crippen LogP contribution in [0, 0.1) is 5.82 Å². The number of hydrogen-bond donors (Lipinski definition) is 0. The van der Waals surface area contributed by atoms with E-state index in [1.165, 1.54) is 12.1 Å². The van der Waals surface area contributed by atoms with Crippen LogP contribution in [0.2, 0.25) is 0 Å². The Labute approximate surface area is 181 Å². The monoisotopic (exact) mass is 442 g/mol. The first-order chi connectivity index (χ1) is 13.9. The van der Waals surface area contributed by atoms with E-state index in [0.717, 1.165) is 4.90 Å². The van der Waals surface area contributed by atoms with Crippen LogP contribution >= 0.6 is 12.4 Å². The minimum atomic E-state index is -0.563. The second kappa shape index (κ2) is 10.6. The van der Waals surface area contributed by atoms with E-state index in [0.29, 0.717) is 51.6 Å². The van der Waals surface area contributed by atoms with Gasteiger partial charge >= 0.3 is 6.03 Å². The molecule has 2 saturated heterocycles. The molecule has 0 bridgehead atoms. The van der Waals surface area contributed by atoms with Gasteiger partial charge in [0.1, 0.15) is 30.8 Å². The van der Waals surface area contributed by atoms with Gasteiger partial charge in [-0.05, 0) is 38.1 Å². The normalized spacial score (nSPS) is 18.8. The average Bonchev–Trinajstić information content (AvgIpc) is 2.95. The Balaban J connectivity index is 0.00000320. The smallest absolute Gasteiger partial charge is 0.328 e. The Bertz CT molecular complexity index is 760. The quantitative estimate of drug-likeness (QED) is 0.570. The molecular formula is C20H28ClFN4O4. The number of hydrogen-bond acceptors (Lipinski definition) is 5. The maximum absolute atomic E-state index is 12.9. The lowest BCUT2D eigenvalue weighted by Crippen LogP contribution is -2.53. The molecular weight excluding hydrogens is 415 g/mol. The average molecular weight is 443 g/mol. The summed E-state index contributed by atoms with van der Waals surface area (Å²) >= 11 is 0. The van der Waals surface area contributed by atoms with Gasteiger partial charge in [0.2, 0.25) is 5.91 Å². The predicted molar refractivity (Wildman–Crippen MR) is 111 cm³/mol. The molecule has 0 spiro atoms. The summed E-state index contributed by atoms with van der Waals surface area (Å²) in [5.74, 6) is -0.277. The molecule has 2 aliphatic rings. The Hall–Kier alpha value is -2.39. The first-order valence-corrected chi connectivity index (χ1v) is 9.95. The zero-order chi connectivity index (χ0) is 21.0. The van der Waals surface area contributed by atoms with Crippen LogP contribution in [0.5, 0.6) is 5.75 Å². The molecule has 0 aromatic heterocycles. The highest BCUT2D eigenvalue weighted by Crippen LogP contribution is 2.22. The number of ether oxygens (including phenoxy) is 1. The van der Waals surface area contributed by atoms with Crippen molar-refractivity contribution in [2.75, 3.05) is 52.4 Å². The number of benzene rings is 1. The molecule has 1 aromatic carbocycles. The van der Waals surface area contributed by atoms with Gasteiger partial charge in [-0.1, -0.05) is 0 Å². The van der Waals surface area contributed by atoms with Crippen LogP contribution in [0.15, 0.2) is 24.3 Å². The van der Waals surface area contributed by atoms with Crippen molar-refractivity contribution in [3.63, 3.8) is 0 Å². The first kappa shape index (κ1) is 23.9. The number of urea groups is 1. The molecule has 0 N–H and O–H groups in total. The number of amides is 4. The van der Waals surface area contributed by atoms with Gasteiger partial charge < -0.3 is 14.5 Å². The maximum Gasteiger partial charge on any atom is 0.328 e. The third-order valence-corrected chi connectivity index (χ3v) is 5.39. The van der Waals surface area contributed by atoms with E-state index in [9.17, 15) is 18.8 Å². The van der Waals surface area contributed by atoms with Gasteiger partial charge in [-0.25, -0.2) is 9.18 Å². The Morgan fingerprint density at radius 3 is 2.47 bits per heavy atom. The molecule has 166 valence electrons. The summed E-state index contributed by atoms with van der Waals surface area (Å²) in [5.41, 5.74) is 0. The third kappa shape index (κ3) is 5.20. The Kier molecular flexibility index (Phi) is 8.43. The minimum absolute atomic E-state index is 0. The minimum Gasteiger partial charge on any atom is -0.492 e. The van der Waals surface area contributed by atoms with E-state index in [1.807, 2.05) is 13.8 Å². The van der Waals surface area contributed by atoms with Gasteiger partial charge in [0.15, 0.2) is 0 Å². The van der Waals surface area contributed by atoms with Crippen LogP contribution in [-0.4, -0.2) is 95.9 Å². The summed E-state index contributed by atoms with van der Waals surface area (Å²) in [7, 11) is 0. The third-order valence-electron chi connectivity index (χ3n) is 5.39. The van der Waals surface area contributed by atoms with E-state index in [-0.39, 0.29) is 42.6 Å². The van der Waals surface area contributed by atoms with E-state index < -0.39 is 6.04 Å². The molecule has 2 fully saturated rings. The lowest BCUT2D eigenvalue weighted by molar-refractivity contribution is -0.137. The summed E-state index contributed by atoms with van der Waals surface area (Å²) in [6.07, 6.45) is 0. The van der Waals surface area contributed by atoms with Crippen molar-refractivity contribution in [1.29, 1.82) is 0 Å². The van der Waals surface area contributed by atoms with Crippen molar-refractivity contribution in [3.8, 4) is 5.75 Å². The highest BCUT2D eigenvalue weighted by molar-refractivity contribution is 6.06. The molecule has 4 amide bonds. The van der Waals surface area contributed by atoms with Gasteiger partial charge in [-0.15, -0.1) is 12.4 Å². The number of carbonyl (C=O) groups is 3. The Morgan fingerprint density at radius 2 is 1.83 bits per heavy atom. The molecule has 0 saturated carbocycles. The van der Waals surface area contributed by atoms with E-state index in [1.54, 1.807) is 21.9 Å². The van der Waals surface area contributed by atoms with Crippen molar-refractivity contribution in [2.24, 2.45) is 0 Å². The SMILES string of the molecule is CCN(CC)C(=O)CN1C(=O)C2CN(CCOc3ccc(F)cc3)CCN2C1=O.Cl. The molecule has 0 radical (unpaired) electrons. The molecule has 30 heavy (non-hydrogen) atoms. The second-order valence-electron chi connectivity index (χ2n) is 7.09. The fourth-order valence-corrected chi connectivity index (χ4v) is 3.69. The first-order valence-electron chi connectivity index (χ1n) is 9.95. The van der Waals surface area contributed by atoms with Crippen LogP contribution in [0.4, 0.5) is 9.18 Å². The van der Waals surface area contributed by atoms with Crippen molar-refractivity contribution in [2.45, 2.75) is 19.9 Å².